The summed E-state index contributed by atoms with van der Waals surface area (Å²) in [5, 5.41) is 0. The van der Waals surface area contributed by atoms with Crippen molar-refractivity contribution in [2.45, 2.75) is 71.3 Å². The Morgan fingerprint density at radius 2 is 1.67 bits per heavy atom. The van der Waals surface area contributed by atoms with Crippen LogP contribution >= 0.6 is 0 Å². The van der Waals surface area contributed by atoms with Gasteiger partial charge in [0, 0.05) is 6.42 Å². The fraction of sp³-hybridized carbons (Fsp3) is 0.857. The Morgan fingerprint density at radius 3 is 2.22 bits per heavy atom. The molecule has 0 bridgehead atoms. The molecular formula is C14H26O3S. The standard InChI is InChI=1S/C14H26O3S/c1-4-6-8-9-11-13-14(12-10-7-5-2)17-18(3,15)16/h14H,4-10,12H2,1-3H3/t14-/m1/s1. The largest absolute Gasteiger partial charge is 0.265 e. The van der Waals surface area contributed by atoms with Crippen LogP contribution in [0.15, 0.2) is 0 Å². The van der Waals surface area contributed by atoms with Crippen molar-refractivity contribution in [3.8, 4) is 11.8 Å². The maximum Gasteiger partial charge on any atom is 0.265 e. The average molecular weight is 274 g/mol. The van der Waals surface area contributed by atoms with Gasteiger partial charge in [0.1, 0.15) is 6.10 Å². The van der Waals surface area contributed by atoms with Crippen molar-refractivity contribution in [1.29, 1.82) is 0 Å². The summed E-state index contributed by atoms with van der Waals surface area (Å²) < 4.78 is 27.2. The second-order valence-corrected chi connectivity index (χ2v) is 6.16. The molecular weight excluding hydrogens is 248 g/mol. The van der Waals surface area contributed by atoms with Crippen LogP contribution in [0.25, 0.3) is 0 Å². The van der Waals surface area contributed by atoms with E-state index in [0.29, 0.717) is 6.42 Å². The van der Waals surface area contributed by atoms with Gasteiger partial charge in [-0.25, -0.2) is 0 Å². The van der Waals surface area contributed by atoms with E-state index in [1.54, 1.807) is 0 Å². The first-order valence-corrected chi connectivity index (χ1v) is 8.68. The molecule has 0 aliphatic carbocycles. The number of unbranched alkanes of at least 4 members (excludes halogenated alkanes) is 5. The fourth-order valence-corrected chi connectivity index (χ4v) is 2.15. The first-order chi connectivity index (χ1) is 8.49. The predicted octanol–water partition coefficient (Wildman–Crippen LogP) is 3.50. The van der Waals surface area contributed by atoms with E-state index in [-0.39, 0.29) is 0 Å². The minimum atomic E-state index is -3.41. The van der Waals surface area contributed by atoms with E-state index >= 15 is 0 Å². The van der Waals surface area contributed by atoms with E-state index in [2.05, 4.69) is 25.7 Å². The van der Waals surface area contributed by atoms with Crippen molar-refractivity contribution in [3.63, 3.8) is 0 Å². The normalized spacial score (nSPS) is 12.8. The van der Waals surface area contributed by atoms with Gasteiger partial charge in [-0.05, 0) is 19.3 Å². The summed E-state index contributed by atoms with van der Waals surface area (Å²) in [6.45, 7) is 4.26. The first kappa shape index (κ1) is 17.5. The number of hydrogen-bond acceptors (Lipinski definition) is 3. The van der Waals surface area contributed by atoms with Gasteiger partial charge in [0.2, 0.25) is 0 Å². The van der Waals surface area contributed by atoms with Gasteiger partial charge in [0.05, 0.1) is 6.26 Å². The maximum absolute atomic E-state index is 11.1. The van der Waals surface area contributed by atoms with Crippen LogP contribution in [-0.4, -0.2) is 20.8 Å². The lowest BCUT2D eigenvalue weighted by atomic mass is 10.1. The monoisotopic (exact) mass is 274 g/mol. The van der Waals surface area contributed by atoms with Gasteiger partial charge >= 0.3 is 0 Å². The molecule has 0 saturated carbocycles. The molecule has 0 aliphatic heterocycles. The van der Waals surface area contributed by atoms with Gasteiger partial charge in [0.15, 0.2) is 0 Å². The molecule has 4 heteroatoms. The van der Waals surface area contributed by atoms with Crippen molar-refractivity contribution in [2.24, 2.45) is 0 Å². The van der Waals surface area contributed by atoms with Crippen LogP contribution in [0.4, 0.5) is 0 Å². The molecule has 0 amide bonds. The van der Waals surface area contributed by atoms with E-state index in [1.165, 1.54) is 12.8 Å². The van der Waals surface area contributed by atoms with Crippen molar-refractivity contribution >= 4 is 10.1 Å². The molecule has 3 nitrogen and oxygen atoms in total. The first-order valence-electron chi connectivity index (χ1n) is 6.86. The fourth-order valence-electron chi connectivity index (χ4n) is 1.58. The summed E-state index contributed by atoms with van der Waals surface area (Å²) in [5.41, 5.74) is 0. The molecule has 0 aromatic rings. The van der Waals surface area contributed by atoms with Crippen molar-refractivity contribution in [3.05, 3.63) is 0 Å². The molecule has 0 N–H and O–H groups in total. The Kier molecular flexibility index (Phi) is 10.1. The average Bonchev–Trinajstić information content (AvgIpc) is 2.27. The highest BCUT2D eigenvalue weighted by molar-refractivity contribution is 7.86. The Bertz CT molecular complexity index is 349. The lowest BCUT2D eigenvalue weighted by Gasteiger charge is -2.09. The molecule has 106 valence electrons. The van der Waals surface area contributed by atoms with Gasteiger partial charge in [-0.2, -0.15) is 8.42 Å². The van der Waals surface area contributed by atoms with E-state index in [9.17, 15) is 8.42 Å². The van der Waals surface area contributed by atoms with Crippen LogP contribution in [0, 0.1) is 11.8 Å². The number of rotatable bonds is 9. The SMILES string of the molecule is CCCCCC#C[C@@H](CCCCC)OS(C)(=O)=O. The third-order valence-electron chi connectivity index (χ3n) is 2.53. The highest BCUT2D eigenvalue weighted by atomic mass is 32.2. The Balaban J connectivity index is 4.19. The van der Waals surface area contributed by atoms with E-state index in [0.717, 1.165) is 38.4 Å². The molecule has 0 aromatic carbocycles. The second kappa shape index (κ2) is 10.4. The smallest absolute Gasteiger partial charge is 0.254 e. The third-order valence-corrected chi connectivity index (χ3v) is 3.11. The molecule has 0 saturated heterocycles. The zero-order valence-electron chi connectivity index (χ0n) is 11.9. The third kappa shape index (κ3) is 11.9. The molecule has 0 aromatic heterocycles. The molecule has 0 aliphatic rings. The van der Waals surface area contributed by atoms with Crippen molar-refractivity contribution in [2.75, 3.05) is 6.26 Å². The zero-order valence-corrected chi connectivity index (χ0v) is 12.7. The lowest BCUT2D eigenvalue weighted by Crippen LogP contribution is -2.15. The molecule has 0 radical (unpaired) electrons. The Labute approximate surface area is 112 Å². The van der Waals surface area contributed by atoms with E-state index < -0.39 is 16.2 Å². The van der Waals surface area contributed by atoms with Gasteiger partial charge in [-0.3, -0.25) is 4.18 Å². The molecule has 0 heterocycles. The molecule has 0 spiro atoms. The van der Waals surface area contributed by atoms with Crippen LogP contribution in [0.5, 0.6) is 0 Å². The Hall–Kier alpha value is -0.530. The van der Waals surface area contributed by atoms with Crippen LogP contribution in [0.3, 0.4) is 0 Å². The molecule has 18 heavy (non-hydrogen) atoms. The zero-order chi connectivity index (χ0) is 13.9. The van der Waals surface area contributed by atoms with Gasteiger partial charge in [-0.15, -0.1) is 5.92 Å². The minimum Gasteiger partial charge on any atom is -0.254 e. The van der Waals surface area contributed by atoms with Crippen molar-refractivity contribution < 1.29 is 12.6 Å². The van der Waals surface area contributed by atoms with Gasteiger partial charge < -0.3 is 0 Å². The van der Waals surface area contributed by atoms with Gasteiger partial charge in [-0.1, -0.05) is 45.5 Å². The molecule has 1 atom stereocenters. The summed E-state index contributed by atoms with van der Waals surface area (Å²) >= 11 is 0. The van der Waals surface area contributed by atoms with Crippen LogP contribution in [0.2, 0.25) is 0 Å². The highest BCUT2D eigenvalue weighted by Gasteiger charge is 2.12. The summed E-state index contributed by atoms with van der Waals surface area (Å²) in [5.74, 6) is 5.97. The summed E-state index contributed by atoms with van der Waals surface area (Å²) in [7, 11) is -3.41. The summed E-state index contributed by atoms with van der Waals surface area (Å²) in [6, 6.07) is 0. The summed E-state index contributed by atoms with van der Waals surface area (Å²) in [6.07, 6.45) is 8.70. The molecule has 0 fully saturated rings. The maximum atomic E-state index is 11.1. The van der Waals surface area contributed by atoms with Crippen LogP contribution in [0.1, 0.15) is 65.2 Å². The van der Waals surface area contributed by atoms with E-state index in [4.69, 9.17) is 4.18 Å². The quantitative estimate of drug-likeness (QED) is 0.367. The van der Waals surface area contributed by atoms with Gasteiger partial charge in [0.25, 0.3) is 10.1 Å². The summed E-state index contributed by atoms with van der Waals surface area (Å²) in [4.78, 5) is 0. The highest BCUT2D eigenvalue weighted by Crippen LogP contribution is 2.09. The molecule has 0 unspecified atom stereocenters. The van der Waals surface area contributed by atoms with Crippen LogP contribution in [-0.2, 0) is 14.3 Å². The Morgan fingerprint density at radius 1 is 1.06 bits per heavy atom. The predicted molar refractivity (Wildman–Crippen MR) is 75.8 cm³/mol. The van der Waals surface area contributed by atoms with Crippen molar-refractivity contribution in [1.82, 2.24) is 0 Å². The van der Waals surface area contributed by atoms with E-state index in [1.807, 2.05) is 0 Å². The molecule has 0 rings (SSSR count). The second-order valence-electron chi connectivity index (χ2n) is 4.56. The van der Waals surface area contributed by atoms with Crippen LogP contribution < -0.4 is 0 Å². The lowest BCUT2D eigenvalue weighted by molar-refractivity contribution is 0.251. The minimum absolute atomic E-state index is 0.465. The topological polar surface area (TPSA) is 43.4 Å². The number of hydrogen-bond donors (Lipinski definition) is 0.